The number of hydrogen-bond donors (Lipinski definition) is 1. The summed E-state index contributed by atoms with van der Waals surface area (Å²) in [7, 11) is 0. The highest BCUT2D eigenvalue weighted by Crippen LogP contribution is 2.39. The van der Waals surface area contributed by atoms with Crippen LogP contribution in [-0.2, 0) is 0 Å². The summed E-state index contributed by atoms with van der Waals surface area (Å²) in [6.45, 7) is 2.45. The Morgan fingerprint density at radius 2 is 2.23 bits per heavy atom. The quantitative estimate of drug-likeness (QED) is 0.473. The van der Waals surface area contributed by atoms with Crippen molar-refractivity contribution < 1.29 is 13.6 Å². The Balaban J connectivity index is 1.57. The third kappa shape index (κ3) is 3.23. The highest BCUT2D eigenvalue weighted by atomic mass is 32.1. The topological polar surface area (TPSA) is 71.3 Å². The number of nitrogens with one attached hydrogen (secondary N) is 1. The Hall–Kier alpha value is -3.26. The van der Waals surface area contributed by atoms with Gasteiger partial charge < -0.3 is 14.6 Å². The number of furan rings is 1. The van der Waals surface area contributed by atoms with Crippen LogP contribution in [0, 0.1) is 12.7 Å². The van der Waals surface area contributed by atoms with Crippen molar-refractivity contribution in [2.24, 2.45) is 0 Å². The normalized spacial score (nSPS) is 16.3. The third-order valence-electron chi connectivity index (χ3n) is 5.32. The molecule has 1 aromatic carbocycles. The number of carbonyl (C=O) groups is 1. The van der Waals surface area contributed by atoms with Crippen molar-refractivity contribution in [3.8, 4) is 0 Å². The second-order valence-electron chi connectivity index (χ2n) is 7.31. The molecule has 1 N–H and O–H groups in total. The van der Waals surface area contributed by atoms with Crippen LogP contribution in [0.25, 0.3) is 11.0 Å². The van der Waals surface area contributed by atoms with E-state index < -0.39 is 5.82 Å². The molecule has 0 saturated carbocycles. The van der Waals surface area contributed by atoms with E-state index in [1.165, 1.54) is 6.07 Å². The minimum atomic E-state index is -0.395. The number of nitrogens with zero attached hydrogens (tertiary/aromatic N) is 3. The van der Waals surface area contributed by atoms with E-state index in [1.54, 1.807) is 47.0 Å². The van der Waals surface area contributed by atoms with E-state index in [-0.39, 0.29) is 23.4 Å². The Bertz CT molecular complexity index is 1220. The summed E-state index contributed by atoms with van der Waals surface area (Å²) in [6, 6.07) is 6.54. The molecule has 4 aromatic rings. The minimum absolute atomic E-state index is 0.0761. The molecule has 30 heavy (non-hydrogen) atoms. The van der Waals surface area contributed by atoms with Gasteiger partial charge in [0.1, 0.15) is 22.1 Å². The highest BCUT2D eigenvalue weighted by Gasteiger charge is 2.35. The predicted molar refractivity (Wildman–Crippen MR) is 114 cm³/mol. The van der Waals surface area contributed by atoms with Gasteiger partial charge in [0.15, 0.2) is 0 Å². The molecule has 0 bridgehead atoms. The first kappa shape index (κ1) is 18.7. The van der Waals surface area contributed by atoms with Gasteiger partial charge in [-0.25, -0.2) is 9.37 Å². The van der Waals surface area contributed by atoms with Gasteiger partial charge >= 0.3 is 0 Å². The van der Waals surface area contributed by atoms with Crippen molar-refractivity contribution in [2.45, 2.75) is 25.8 Å². The maximum atomic E-state index is 14.5. The first-order valence-corrected chi connectivity index (χ1v) is 10.6. The summed E-state index contributed by atoms with van der Waals surface area (Å²) in [5.74, 6) is -0.478. The number of fused-ring (bicyclic) bond motifs is 1. The van der Waals surface area contributed by atoms with Gasteiger partial charge in [0.2, 0.25) is 5.76 Å². The number of aryl methyl sites for hydroxylation is 1. The molecule has 0 aliphatic carbocycles. The van der Waals surface area contributed by atoms with Crippen molar-refractivity contribution in [3.63, 3.8) is 0 Å². The van der Waals surface area contributed by atoms with E-state index in [0.29, 0.717) is 23.2 Å². The number of carbonyl (C=O) groups excluding carboxylic acids is 1. The molecule has 1 amide bonds. The smallest absolute Gasteiger partial charge is 0.292 e. The lowest BCUT2D eigenvalue weighted by Crippen LogP contribution is -2.30. The maximum absolute atomic E-state index is 14.5. The van der Waals surface area contributed by atoms with Crippen LogP contribution in [0.2, 0.25) is 0 Å². The number of rotatable bonds is 4. The van der Waals surface area contributed by atoms with E-state index in [0.717, 1.165) is 23.4 Å². The minimum Gasteiger partial charge on any atom is -0.448 e. The number of halogens is 1. The zero-order valence-electron chi connectivity index (χ0n) is 16.3. The van der Waals surface area contributed by atoms with Gasteiger partial charge in [0, 0.05) is 30.5 Å². The Morgan fingerprint density at radius 1 is 1.33 bits per heavy atom. The SMILES string of the molecule is Cc1ccc(Nc2c(C(=O)N3CCCC3c3nccs3)oc3ccncc23)c(F)c1. The van der Waals surface area contributed by atoms with Gasteiger partial charge in [-0.3, -0.25) is 9.78 Å². The van der Waals surface area contributed by atoms with E-state index in [2.05, 4.69) is 15.3 Å². The van der Waals surface area contributed by atoms with Gasteiger partial charge in [-0.2, -0.15) is 0 Å². The molecule has 4 heterocycles. The molecule has 1 fully saturated rings. The first-order chi connectivity index (χ1) is 14.6. The average Bonchev–Trinajstić information content (AvgIpc) is 3.49. The fraction of sp³-hybridized carbons (Fsp3) is 0.227. The number of amides is 1. The molecule has 1 atom stereocenters. The maximum Gasteiger partial charge on any atom is 0.292 e. The standard InChI is InChI=1S/C22H19FN4O2S/c1-13-4-5-16(15(23)11-13)26-19-14-12-24-7-6-18(14)29-20(19)22(28)27-9-2-3-17(27)21-25-8-10-30-21/h4-8,10-12,17,26H,2-3,9H2,1H3. The lowest BCUT2D eigenvalue weighted by Gasteiger charge is -2.22. The Morgan fingerprint density at radius 3 is 3.03 bits per heavy atom. The van der Waals surface area contributed by atoms with Crippen LogP contribution in [0.1, 0.15) is 40.0 Å². The van der Waals surface area contributed by atoms with Gasteiger partial charge in [0.05, 0.1) is 17.1 Å². The molecule has 1 unspecified atom stereocenters. The fourth-order valence-electron chi connectivity index (χ4n) is 3.87. The Kier molecular flexibility index (Phi) is 4.71. The van der Waals surface area contributed by atoms with Gasteiger partial charge in [-0.15, -0.1) is 11.3 Å². The second-order valence-corrected chi connectivity index (χ2v) is 8.24. The number of aromatic nitrogens is 2. The zero-order valence-corrected chi connectivity index (χ0v) is 17.1. The second kappa shape index (κ2) is 7.53. The number of anilines is 2. The monoisotopic (exact) mass is 422 g/mol. The van der Waals surface area contributed by atoms with Crippen molar-refractivity contribution >= 4 is 39.6 Å². The molecule has 6 nitrogen and oxygen atoms in total. The van der Waals surface area contributed by atoms with E-state index >= 15 is 0 Å². The largest absolute Gasteiger partial charge is 0.448 e. The first-order valence-electron chi connectivity index (χ1n) is 9.72. The molecule has 1 aliphatic rings. The molecule has 1 aliphatic heterocycles. The highest BCUT2D eigenvalue weighted by molar-refractivity contribution is 7.09. The van der Waals surface area contributed by atoms with Crippen LogP contribution in [0.5, 0.6) is 0 Å². The van der Waals surface area contributed by atoms with Crippen LogP contribution in [0.3, 0.4) is 0 Å². The van der Waals surface area contributed by atoms with Crippen LogP contribution < -0.4 is 5.32 Å². The number of hydrogen-bond acceptors (Lipinski definition) is 6. The summed E-state index contributed by atoms with van der Waals surface area (Å²) in [5.41, 5.74) is 2.04. The predicted octanol–water partition coefficient (Wildman–Crippen LogP) is 5.45. The third-order valence-corrected chi connectivity index (χ3v) is 6.19. The molecule has 152 valence electrons. The number of benzene rings is 1. The molecule has 0 radical (unpaired) electrons. The summed E-state index contributed by atoms with van der Waals surface area (Å²) in [6.07, 6.45) is 6.72. The lowest BCUT2D eigenvalue weighted by atomic mass is 10.2. The number of pyridine rings is 1. The molecule has 3 aromatic heterocycles. The van der Waals surface area contributed by atoms with Crippen molar-refractivity contribution in [3.05, 3.63) is 70.4 Å². The summed E-state index contributed by atoms with van der Waals surface area (Å²) < 4.78 is 20.5. The average molecular weight is 422 g/mol. The Labute approximate surface area is 176 Å². The van der Waals surface area contributed by atoms with Crippen LogP contribution >= 0.6 is 11.3 Å². The van der Waals surface area contributed by atoms with Crippen LogP contribution in [-0.4, -0.2) is 27.3 Å². The van der Waals surface area contributed by atoms with Gasteiger partial charge in [-0.05, 0) is 43.5 Å². The van der Waals surface area contributed by atoms with Crippen LogP contribution in [0.15, 0.2) is 52.7 Å². The molecular formula is C22H19FN4O2S. The zero-order chi connectivity index (χ0) is 20.7. The van der Waals surface area contributed by atoms with Crippen molar-refractivity contribution in [1.29, 1.82) is 0 Å². The molecule has 5 rings (SSSR count). The van der Waals surface area contributed by atoms with E-state index in [1.807, 2.05) is 18.4 Å². The number of likely N-dealkylation sites (tertiary alicyclic amines) is 1. The van der Waals surface area contributed by atoms with Gasteiger partial charge in [0.25, 0.3) is 5.91 Å². The summed E-state index contributed by atoms with van der Waals surface area (Å²) in [4.78, 5) is 23.9. The van der Waals surface area contributed by atoms with Gasteiger partial charge in [-0.1, -0.05) is 6.07 Å². The number of thiazole rings is 1. The summed E-state index contributed by atoms with van der Waals surface area (Å²) in [5, 5.41) is 6.53. The molecular weight excluding hydrogens is 403 g/mol. The fourth-order valence-corrected chi connectivity index (χ4v) is 4.65. The van der Waals surface area contributed by atoms with Crippen LogP contribution in [0.4, 0.5) is 15.8 Å². The summed E-state index contributed by atoms with van der Waals surface area (Å²) >= 11 is 1.54. The van der Waals surface area contributed by atoms with Crippen molar-refractivity contribution in [1.82, 2.24) is 14.9 Å². The molecule has 1 saturated heterocycles. The molecule has 8 heteroatoms. The lowest BCUT2D eigenvalue weighted by molar-refractivity contribution is 0.0707. The van der Waals surface area contributed by atoms with E-state index in [4.69, 9.17) is 4.42 Å². The van der Waals surface area contributed by atoms with Crippen molar-refractivity contribution in [2.75, 3.05) is 11.9 Å². The molecule has 0 spiro atoms. The van der Waals surface area contributed by atoms with E-state index in [9.17, 15) is 9.18 Å².